The summed E-state index contributed by atoms with van der Waals surface area (Å²) in [4.78, 5) is 5.53. The highest BCUT2D eigenvalue weighted by Crippen LogP contribution is 2.16. The summed E-state index contributed by atoms with van der Waals surface area (Å²) >= 11 is 3.03. The van der Waals surface area contributed by atoms with Crippen molar-refractivity contribution in [3.8, 4) is 0 Å². The van der Waals surface area contributed by atoms with Crippen LogP contribution in [-0.4, -0.2) is 41.4 Å². The first-order chi connectivity index (χ1) is 8.53. The number of H-pyrrole nitrogens is 1. The van der Waals surface area contributed by atoms with Gasteiger partial charge in [0.1, 0.15) is 15.7 Å². The predicted octanol–water partition coefficient (Wildman–Crippen LogP) is 1.59. The molecule has 18 heavy (non-hydrogen) atoms. The highest BCUT2D eigenvalue weighted by Gasteiger charge is 2.07. The zero-order chi connectivity index (χ0) is 13.0. The molecule has 0 fully saturated rings. The van der Waals surface area contributed by atoms with Gasteiger partial charge in [0.05, 0.1) is 5.75 Å². The smallest absolute Gasteiger partial charge is 0.208 e. The molecule has 0 amide bonds. The van der Waals surface area contributed by atoms with E-state index in [-0.39, 0.29) is 5.75 Å². The fraction of sp³-hybridized carbons (Fsp3) is 0.400. The third-order valence-electron chi connectivity index (χ3n) is 2.12. The molecule has 2 rings (SSSR count). The van der Waals surface area contributed by atoms with Crippen LogP contribution in [0.25, 0.3) is 0 Å². The van der Waals surface area contributed by atoms with Crippen molar-refractivity contribution < 1.29 is 8.42 Å². The number of nitrogens with one attached hydrogen (secondary N) is 1. The molecule has 0 atom stereocenters. The lowest BCUT2D eigenvalue weighted by atomic mass is 10.3. The zero-order valence-corrected chi connectivity index (χ0v) is 12.2. The number of hydrogen-bond donors (Lipinski definition) is 1. The molecule has 0 radical (unpaired) electrons. The maximum Gasteiger partial charge on any atom is 0.208 e. The third kappa shape index (κ3) is 4.43. The van der Waals surface area contributed by atoms with Crippen molar-refractivity contribution >= 4 is 32.9 Å². The zero-order valence-electron chi connectivity index (χ0n) is 9.79. The number of hydrogen-bond acceptors (Lipinski definition) is 6. The Balaban J connectivity index is 1.86. The summed E-state index contributed by atoms with van der Waals surface area (Å²) in [6.45, 7) is 0. The fourth-order valence-corrected chi connectivity index (χ4v) is 4.00. The molecule has 2 aromatic rings. The van der Waals surface area contributed by atoms with Crippen LogP contribution in [0.1, 0.15) is 10.7 Å². The molecule has 0 unspecified atom stereocenters. The Morgan fingerprint density at radius 3 is 3.00 bits per heavy atom. The maximum atomic E-state index is 11.0. The summed E-state index contributed by atoms with van der Waals surface area (Å²) < 4.78 is 22.0. The third-order valence-corrected chi connectivity index (χ3v) is 5.05. The molecule has 1 N–H and O–H groups in total. The largest absolute Gasteiger partial charge is 0.262 e. The molecule has 0 saturated heterocycles. The van der Waals surface area contributed by atoms with E-state index in [0.29, 0.717) is 10.9 Å². The number of thiophene rings is 1. The highest BCUT2D eigenvalue weighted by atomic mass is 32.2. The highest BCUT2D eigenvalue weighted by molar-refractivity contribution is 8.00. The standard InChI is InChI=1S/C10H13N3O2S3/c1-18(14,15)6-5-17-10-11-9(12-13-10)7-8-3-2-4-16-8/h2-4H,5-7H2,1H3,(H,11,12,13). The summed E-state index contributed by atoms with van der Waals surface area (Å²) in [5.74, 6) is 1.43. The van der Waals surface area contributed by atoms with Gasteiger partial charge in [0, 0.05) is 23.3 Å². The van der Waals surface area contributed by atoms with Crippen molar-refractivity contribution in [2.45, 2.75) is 11.6 Å². The second-order valence-corrected chi connectivity index (χ2v) is 8.15. The van der Waals surface area contributed by atoms with Gasteiger partial charge < -0.3 is 0 Å². The summed E-state index contributed by atoms with van der Waals surface area (Å²) in [6.07, 6.45) is 1.96. The summed E-state index contributed by atoms with van der Waals surface area (Å²) in [5, 5.41) is 9.54. The molecule has 2 aromatic heterocycles. The normalized spacial score (nSPS) is 11.8. The molecule has 0 aliphatic carbocycles. The van der Waals surface area contributed by atoms with Gasteiger partial charge in [-0.05, 0) is 11.4 Å². The minimum Gasteiger partial charge on any atom is -0.262 e. The number of aromatic amines is 1. The number of rotatable bonds is 6. The lowest BCUT2D eigenvalue weighted by Crippen LogP contribution is -2.05. The molecule has 0 bridgehead atoms. The van der Waals surface area contributed by atoms with Crippen molar-refractivity contribution in [3.63, 3.8) is 0 Å². The van der Waals surface area contributed by atoms with Crippen molar-refractivity contribution in [2.24, 2.45) is 0 Å². The SMILES string of the molecule is CS(=O)(=O)CCSc1n[nH]c(Cc2cccs2)n1. The van der Waals surface area contributed by atoms with Crippen molar-refractivity contribution in [3.05, 3.63) is 28.2 Å². The molecular weight excluding hydrogens is 290 g/mol. The molecule has 8 heteroatoms. The monoisotopic (exact) mass is 303 g/mol. The number of nitrogens with zero attached hydrogens (tertiary/aromatic N) is 2. The molecule has 0 saturated carbocycles. The average Bonchev–Trinajstić information content (AvgIpc) is 2.89. The van der Waals surface area contributed by atoms with E-state index in [1.165, 1.54) is 22.9 Å². The quantitative estimate of drug-likeness (QED) is 0.820. The van der Waals surface area contributed by atoms with E-state index in [2.05, 4.69) is 15.2 Å². The van der Waals surface area contributed by atoms with Gasteiger partial charge in [-0.25, -0.2) is 13.4 Å². The lowest BCUT2D eigenvalue weighted by Gasteiger charge is -1.94. The molecule has 2 heterocycles. The van der Waals surface area contributed by atoms with Crippen molar-refractivity contribution in [2.75, 3.05) is 17.8 Å². The molecule has 0 aliphatic rings. The molecule has 0 aliphatic heterocycles. The van der Waals surface area contributed by atoms with Crippen molar-refractivity contribution in [1.29, 1.82) is 0 Å². The van der Waals surface area contributed by atoms with Gasteiger partial charge in [0.25, 0.3) is 0 Å². The summed E-state index contributed by atoms with van der Waals surface area (Å²) in [6, 6.07) is 4.04. The van der Waals surface area contributed by atoms with E-state index in [9.17, 15) is 8.42 Å². The Labute approximate surface area is 114 Å². The van der Waals surface area contributed by atoms with Crippen molar-refractivity contribution in [1.82, 2.24) is 15.2 Å². The molecule has 0 spiro atoms. The van der Waals surface area contributed by atoms with Crippen LogP contribution in [0.3, 0.4) is 0 Å². The molecule has 5 nitrogen and oxygen atoms in total. The second kappa shape index (κ2) is 5.85. The Morgan fingerprint density at radius 2 is 2.33 bits per heavy atom. The van der Waals surface area contributed by atoms with E-state index in [1.807, 2.05) is 17.5 Å². The van der Waals surface area contributed by atoms with Gasteiger partial charge >= 0.3 is 0 Å². The van der Waals surface area contributed by atoms with E-state index < -0.39 is 9.84 Å². The second-order valence-electron chi connectivity index (χ2n) is 3.80. The van der Waals surface area contributed by atoms with Crippen LogP contribution in [0.15, 0.2) is 22.7 Å². The van der Waals surface area contributed by atoms with Gasteiger partial charge in [0.15, 0.2) is 0 Å². The van der Waals surface area contributed by atoms with E-state index in [0.717, 1.165) is 12.2 Å². The lowest BCUT2D eigenvalue weighted by molar-refractivity contribution is 0.603. The predicted molar refractivity (Wildman–Crippen MR) is 73.9 cm³/mol. The first-order valence-electron chi connectivity index (χ1n) is 5.27. The fourth-order valence-electron chi connectivity index (χ4n) is 1.28. The molecule has 98 valence electrons. The number of aromatic nitrogens is 3. The maximum absolute atomic E-state index is 11.0. The minimum atomic E-state index is -2.91. The first-order valence-corrected chi connectivity index (χ1v) is 9.20. The minimum absolute atomic E-state index is 0.145. The van der Waals surface area contributed by atoms with E-state index in [4.69, 9.17) is 0 Å². The Hall–Kier alpha value is -0.860. The van der Waals surface area contributed by atoms with Crippen LogP contribution < -0.4 is 0 Å². The van der Waals surface area contributed by atoms with Crippen LogP contribution >= 0.6 is 23.1 Å². The van der Waals surface area contributed by atoms with Crippen LogP contribution in [0, 0.1) is 0 Å². The molecular formula is C10H13N3O2S3. The van der Waals surface area contributed by atoms with E-state index in [1.54, 1.807) is 11.3 Å². The van der Waals surface area contributed by atoms with E-state index >= 15 is 0 Å². The Kier molecular flexibility index (Phi) is 4.41. The van der Waals surface area contributed by atoms with Gasteiger partial charge in [-0.2, -0.15) is 0 Å². The van der Waals surface area contributed by atoms with Crippen LogP contribution in [-0.2, 0) is 16.3 Å². The van der Waals surface area contributed by atoms with Gasteiger partial charge in [-0.15, -0.1) is 16.4 Å². The topological polar surface area (TPSA) is 75.7 Å². The number of thioether (sulfide) groups is 1. The Morgan fingerprint density at radius 1 is 1.50 bits per heavy atom. The van der Waals surface area contributed by atoms with Gasteiger partial charge in [-0.3, -0.25) is 5.10 Å². The van der Waals surface area contributed by atoms with Crippen LogP contribution in [0.4, 0.5) is 0 Å². The summed E-state index contributed by atoms with van der Waals surface area (Å²) in [7, 11) is -2.91. The van der Waals surface area contributed by atoms with Crippen LogP contribution in [0.5, 0.6) is 0 Å². The average molecular weight is 303 g/mol. The van der Waals surface area contributed by atoms with Gasteiger partial charge in [0.2, 0.25) is 5.16 Å². The van der Waals surface area contributed by atoms with Crippen LogP contribution in [0.2, 0.25) is 0 Å². The number of sulfone groups is 1. The Bertz CT molecular complexity index is 590. The van der Waals surface area contributed by atoms with Gasteiger partial charge in [-0.1, -0.05) is 17.8 Å². The summed E-state index contributed by atoms with van der Waals surface area (Å²) in [5.41, 5.74) is 0. The molecule has 0 aromatic carbocycles. The first kappa shape index (κ1) is 13.6.